The van der Waals surface area contributed by atoms with Gasteiger partial charge >= 0.3 is 0 Å². The van der Waals surface area contributed by atoms with Crippen LogP contribution in [0.1, 0.15) is 38.5 Å². The number of rotatable bonds is 3. The minimum absolute atomic E-state index is 0.351. The van der Waals surface area contributed by atoms with E-state index in [2.05, 4.69) is 9.80 Å². The number of piperazine rings is 1. The zero-order valence-electron chi connectivity index (χ0n) is 15.7. The summed E-state index contributed by atoms with van der Waals surface area (Å²) in [5, 5.41) is 10.0. The lowest BCUT2D eigenvalue weighted by Gasteiger charge is -2.44. The molecule has 0 spiro atoms. The van der Waals surface area contributed by atoms with E-state index in [4.69, 9.17) is 0 Å². The molecule has 26 heavy (non-hydrogen) atoms. The maximum Gasteiger partial charge on any atom is 0.278 e. The van der Waals surface area contributed by atoms with Crippen molar-refractivity contribution in [3.63, 3.8) is 0 Å². The number of likely N-dealkylation sites (tertiary alicyclic amines) is 1. The highest BCUT2D eigenvalue weighted by atomic mass is 16.3. The predicted octanol–water partition coefficient (Wildman–Crippen LogP) is 1.28. The zero-order valence-corrected chi connectivity index (χ0v) is 15.7. The van der Waals surface area contributed by atoms with Gasteiger partial charge in [-0.15, -0.1) is 0 Å². The number of nitrogens with one attached hydrogen (secondary N) is 1. The van der Waals surface area contributed by atoms with Crippen LogP contribution in [0.5, 0.6) is 5.75 Å². The average molecular weight is 359 g/mol. The number of piperidine rings is 1. The van der Waals surface area contributed by atoms with Crippen molar-refractivity contribution in [1.82, 2.24) is 4.90 Å². The maximum atomic E-state index is 13.0. The van der Waals surface area contributed by atoms with Crippen molar-refractivity contribution in [3.8, 4) is 5.75 Å². The number of aromatic hydroxyl groups is 1. The van der Waals surface area contributed by atoms with Crippen LogP contribution in [0.25, 0.3) is 0 Å². The Labute approximate surface area is 156 Å². The van der Waals surface area contributed by atoms with E-state index in [0.717, 1.165) is 44.3 Å². The summed E-state index contributed by atoms with van der Waals surface area (Å²) in [6.45, 7) is 5.32. The Morgan fingerprint density at radius 1 is 1.04 bits per heavy atom. The summed E-state index contributed by atoms with van der Waals surface area (Å²) in [7, 11) is 0. The third-order valence-corrected chi connectivity index (χ3v) is 6.66. The lowest BCUT2D eigenvalue weighted by Crippen LogP contribution is -3.16. The first-order valence-corrected chi connectivity index (χ1v) is 10.4. The molecule has 142 valence electrons. The van der Waals surface area contributed by atoms with Crippen LogP contribution in [0, 0.1) is 5.92 Å². The quantitative estimate of drug-likeness (QED) is 0.856. The Morgan fingerprint density at radius 2 is 1.77 bits per heavy atom. The number of quaternary nitrogens is 1. The van der Waals surface area contributed by atoms with Crippen LogP contribution in [0.3, 0.4) is 0 Å². The third-order valence-electron chi connectivity index (χ3n) is 6.66. The Bertz CT molecular complexity index is 625. The molecule has 1 saturated carbocycles. The van der Waals surface area contributed by atoms with Crippen LogP contribution < -0.4 is 9.80 Å². The fourth-order valence-corrected chi connectivity index (χ4v) is 5.22. The first kappa shape index (κ1) is 17.7. The van der Waals surface area contributed by atoms with E-state index in [1.807, 2.05) is 18.2 Å². The molecule has 5 heteroatoms. The smallest absolute Gasteiger partial charge is 0.278 e. The molecule has 0 radical (unpaired) electrons. The van der Waals surface area contributed by atoms with Crippen molar-refractivity contribution in [2.75, 3.05) is 44.2 Å². The number of phenols is 1. The van der Waals surface area contributed by atoms with Gasteiger partial charge in [0.25, 0.3) is 5.91 Å². The number of nitrogens with zero attached hydrogens (tertiary/aromatic N) is 2. The van der Waals surface area contributed by atoms with E-state index in [1.54, 1.807) is 6.07 Å². The van der Waals surface area contributed by atoms with Crippen LogP contribution in [-0.2, 0) is 4.79 Å². The maximum absolute atomic E-state index is 13.0. The Morgan fingerprint density at radius 3 is 2.58 bits per heavy atom. The molecule has 2 N–H and O–H groups in total. The molecular weight excluding hydrogens is 326 g/mol. The van der Waals surface area contributed by atoms with Crippen LogP contribution >= 0.6 is 0 Å². The van der Waals surface area contributed by atoms with Gasteiger partial charge in [-0.1, -0.05) is 25.0 Å². The average Bonchev–Trinajstić information content (AvgIpc) is 2.68. The molecule has 0 bridgehead atoms. The molecule has 0 unspecified atom stereocenters. The van der Waals surface area contributed by atoms with Gasteiger partial charge in [-0.3, -0.25) is 4.79 Å². The summed E-state index contributed by atoms with van der Waals surface area (Å²) in [6.07, 6.45) is 7.68. The zero-order chi connectivity index (χ0) is 17.9. The number of carbonyl (C=O) groups excluding carboxylic acids is 1. The van der Waals surface area contributed by atoms with Crippen molar-refractivity contribution in [1.29, 1.82) is 0 Å². The van der Waals surface area contributed by atoms with E-state index in [1.165, 1.54) is 43.4 Å². The molecular formula is C21H32N3O2+. The first-order chi connectivity index (χ1) is 12.7. The molecule has 5 nitrogen and oxygen atoms in total. The van der Waals surface area contributed by atoms with Crippen molar-refractivity contribution in [2.24, 2.45) is 5.92 Å². The summed E-state index contributed by atoms with van der Waals surface area (Å²) >= 11 is 0. The Kier molecular flexibility index (Phi) is 5.34. The lowest BCUT2D eigenvalue weighted by molar-refractivity contribution is -0.892. The van der Waals surface area contributed by atoms with Crippen molar-refractivity contribution < 1.29 is 14.8 Å². The summed E-state index contributed by atoms with van der Waals surface area (Å²) in [5.74, 6) is 1.48. The van der Waals surface area contributed by atoms with Crippen LogP contribution in [0.2, 0.25) is 0 Å². The molecule has 2 saturated heterocycles. The summed E-state index contributed by atoms with van der Waals surface area (Å²) < 4.78 is 0. The van der Waals surface area contributed by atoms with Gasteiger partial charge in [0, 0.05) is 12.6 Å². The molecule has 2 aliphatic heterocycles. The highest BCUT2D eigenvalue weighted by Crippen LogP contribution is 2.35. The molecule has 3 aliphatic rings. The van der Waals surface area contributed by atoms with E-state index in [9.17, 15) is 9.90 Å². The molecule has 1 aliphatic carbocycles. The molecule has 1 aromatic carbocycles. The molecule has 1 aromatic rings. The van der Waals surface area contributed by atoms with Crippen molar-refractivity contribution >= 4 is 11.6 Å². The molecule has 0 aromatic heterocycles. The minimum Gasteiger partial charge on any atom is -0.506 e. The highest BCUT2D eigenvalue weighted by molar-refractivity contribution is 5.77. The van der Waals surface area contributed by atoms with Crippen LogP contribution in [-0.4, -0.2) is 61.2 Å². The van der Waals surface area contributed by atoms with Gasteiger partial charge in [0.05, 0.1) is 31.9 Å². The largest absolute Gasteiger partial charge is 0.506 e. The van der Waals surface area contributed by atoms with E-state index < -0.39 is 0 Å². The van der Waals surface area contributed by atoms with Gasteiger partial charge in [0.1, 0.15) is 5.75 Å². The number of hydrogen-bond donors (Lipinski definition) is 2. The second kappa shape index (κ2) is 7.87. The number of amides is 1. The minimum atomic E-state index is 0.351. The van der Waals surface area contributed by atoms with Crippen molar-refractivity contribution in [3.05, 3.63) is 24.3 Å². The predicted molar refractivity (Wildman–Crippen MR) is 103 cm³/mol. The number of hydrogen-bond acceptors (Lipinski definition) is 3. The van der Waals surface area contributed by atoms with Crippen LogP contribution in [0.4, 0.5) is 5.69 Å². The molecule has 1 amide bonds. The fourth-order valence-electron chi connectivity index (χ4n) is 5.22. The van der Waals surface area contributed by atoms with Crippen LogP contribution in [0.15, 0.2) is 24.3 Å². The lowest BCUT2D eigenvalue weighted by atomic mass is 9.78. The van der Waals surface area contributed by atoms with Crippen molar-refractivity contribution in [2.45, 2.75) is 44.6 Å². The first-order valence-electron chi connectivity index (χ1n) is 10.4. The van der Waals surface area contributed by atoms with E-state index in [-0.39, 0.29) is 0 Å². The van der Waals surface area contributed by atoms with Gasteiger partial charge < -0.3 is 19.8 Å². The van der Waals surface area contributed by atoms with Gasteiger partial charge in [-0.05, 0) is 43.7 Å². The van der Waals surface area contributed by atoms with Gasteiger partial charge in [0.15, 0.2) is 6.54 Å². The van der Waals surface area contributed by atoms with Gasteiger partial charge in [-0.25, -0.2) is 0 Å². The Hall–Kier alpha value is -1.75. The number of fused-ring (bicyclic) bond motifs is 1. The monoisotopic (exact) mass is 358 g/mol. The number of anilines is 1. The number of benzene rings is 1. The Balaban J connectivity index is 1.31. The SMILES string of the molecule is O=C(C[NH+]1CCN(c2ccccc2O)CC1)N1CCC[C@H]2CCCC[C@@H]21. The second-order valence-corrected chi connectivity index (χ2v) is 8.24. The highest BCUT2D eigenvalue weighted by Gasteiger charge is 2.37. The third kappa shape index (κ3) is 3.68. The summed E-state index contributed by atoms with van der Waals surface area (Å²) in [5.41, 5.74) is 0.916. The summed E-state index contributed by atoms with van der Waals surface area (Å²) in [4.78, 5) is 18.8. The van der Waals surface area contributed by atoms with E-state index in [0.29, 0.717) is 24.2 Å². The topological polar surface area (TPSA) is 48.2 Å². The number of carbonyl (C=O) groups is 1. The van der Waals surface area contributed by atoms with Gasteiger partial charge in [-0.2, -0.15) is 0 Å². The molecule has 2 heterocycles. The van der Waals surface area contributed by atoms with Gasteiger partial charge in [0.2, 0.25) is 0 Å². The normalized spacial score (nSPS) is 27.2. The fraction of sp³-hybridized carbons (Fsp3) is 0.667. The number of para-hydroxylation sites is 2. The number of phenolic OH excluding ortho intramolecular Hbond substituents is 1. The second-order valence-electron chi connectivity index (χ2n) is 8.24. The molecule has 3 fully saturated rings. The summed E-state index contributed by atoms with van der Waals surface area (Å²) in [6, 6.07) is 8.06. The molecule has 4 rings (SSSR count). The molecule has 2 atom stereocenters. The standard InChI is InChI=1S/C21H31N3O2/c25-20-10-4-3-9-19(20)23-14-12-22(13-15-23)16-21(26)24-11-5-7-17-6-1-2-8-18(17)24/h3-4,9-10,17-18,25H,1-2,5-8,11-16H2/p+1/t17-,18+/m1/s1. The van der Waals surface area contributed by atoms with E-state index >= 15 is 0 Å².